The van der Waals surface area contributed by atoms with Gasteiger partial charge in [-0.25, -0.2) is 4.98 Å². The van der Waals surface area contributed by atoms with E-state index in [9.17, 15) is 18.0 Å². The highest BCUT2D eigenvalue weighted by Crippen LogP contribution is 2.31. The van der Waals surface area contributed by atoms with E-state index in [0.717, 1.165) is 12.1 Å². The first-order chi connectivity index (χ1) is 10.4. The summed E-state index contributed by atoms with van der Waals surface area (Å²) in [6.45, 7) is -0.0784. The average molecular weight is 326 g/mol. The Balaban J connectivity index is 1.80. The summed E-state index contributed by atoms with van der Waals surface area (Å²) in [6, 6.07) is 5.87. The molecule has 3 rings (SSSR count). The molecule has 22 heavy (non-hydrogen) atoms. The maximum absolute atomic E-state index is 12.6. The summed E-state index contributed by atoms with van der Waals surface area (Å²) >= 11 is 1.29. The molecule has 0 atom stereocenters. The number of ether oxygens (including phenoxy) is 1. The van der Waals surface area contributed by atoms with Gasteiger partial charge in [0.2, 0.25) is 0 Å². The maximum atomic E-state index is 12.6. The summed E-state index contributed by atoms with van der Waals surface area (Å²) in [7, 11) is 0. The molecular weight excluding hydrogens is 317 g/mol. The van der Waals surface area contributed by atoms with Gasteiger partial charge in [0.25, 0.3) is 5.56 Å². The topological polar surface area (TPSA) is 43.6 Å². The van der Waals surface area contributed by atoms with Crippen molar-refractivity contribution >= 4 is 16.3 Å². The van der Waals surface area contributed by atoms with Crippen LogP contribution < -0.4 is 10.3 Å². The number of rotatable bonds is 3. The number of halogens is 3. The fourth-order valence-electron chi connectivity index (χ4n) is 1.88. The molecule has 0 saturated heterocycles. The van der Waals surface area contributed by atoms with Crippen LogP contribution in [0, 0.1) is 0 Å². The van der Waals surface area contributed by atoms with Gasteiger partial charge in [-0.3, -0.25) is 9.20 Å². The first-order valence-corrected chi connectivity index (χ1v) is 7.07. The van der Waals surface area contributed by atoms with Gasteiger partial charge >= 0.3 is 6.18 Å². The zero-order valence-corrected chi connectivity index (χ0v) is 11.8. The number of alkyl halides is 3. The van der Waals surface area contributed by atoms with E-state index in [0.29, 0.717) is 10.7 Å². The van der Waals surface area contributed by atoms with Crippen molar-refractivity contribution in [3.05, 3.63) is 63.5 Å². The minimum atomic E-state index is -4.42. The molecule has 0 aliphatic rings. The predicted octanol–water partition coefficient (Wildman–Crippen LogP) is 3.35. The van der Waals surface area contributed by atoms with Crippen LogP contribution >= 0.6 is 11.3 Å². The number of thiazole rings is 1. The lowest BCUT2D eigenvalue weighted by Gasteiger charge is -2.10. The van der Waals surface area contributed by atoms with Gasteiger partial charge in [0.15, 0.2) is 4.96 Å². The molecular formula is C14H9F3N2O2S. The van der Waals surface area contributed by atoms with Crippen molar-refractivity contribution in [2.75, 3.05) is 0 Å². The van der Waals surface area contributed by atoms with Gasteiger partial charge in [-0.15, -0.1) is 11.3 Å². The molecule has 0 aliphatic heterocycles. The highest BCUT2D eigenvalue weighted by Gasteiger charge is 2.30. The predicted molar refractivity (Wildman–Crippen MR) is 75.1 cm³/mol. The molecule has 2 heterocycles. The molecule has 8 heteroatoms. The smallest absolute Gasteiger partial charge is 0.416 e. The van der Waals surface area contributed by atoms with Gasteiger partial charge in [-0.2, -0.15) is 13.2 Å². The quantitative estimate of drug-likeness (QED) is 0.741. The van der Waals surface area contributed by atoms with E-state index in [4.69, 9.17) is 4.74 Å². The van der Waals surface area contributed by atoms with E-state index in [1.165, 1.54) is 33.9 Å². The van der Waals surface area contributed by atoms with Crippen LogP contribution in [-0.4, -0.2) is 9.38 Å². The lowest BCUT2D eigenvalue weighted by Crippen LogP contribution is -2.14. The summed E-state index contributed by atoms with van der Waals surface area (Å²) in [5.41, 5.74) is -0.675. The van der Waals surface area contributed by atoms with Gasteiger partial charge in [0.05, 0.1) is 11.3 Å². The Labute approximate surface area is 126 Å². The summed E-state index contributed by atoms with van der Waals surface area (Å²) in [6.07, 6.45) is -2.82. The highest BCUT2D eigenvalue weighted by molar-refractivity contribution is 7.15. The molecule has 0 N–H and O–H groups in total. The SMILES string of the molecule is O=c1cc(COc2cccc(C(F)(F)F)c2)nc2sccn12. The summed E-state index contributed by atoms with van der Waals surface area (Å²) in [5.74, 6) is 0.0722. The Morgan fingerprint density at radius 2 is 2.09 bits per heavy atom. The van der Waals surface area contributed by atoms with Gasteiger partial charge in [0, 0.05) is 17.6 Å². The highest BCUT2D eigenvalue weighted by atomic mass is 32.1. The Morgan fingerprint density at radius 3 is 2.86 bits per heavy atom. The van der Waals surface area contributed by atoms with Crippen LogP contribution in [0.25, 0.3) is 4.96 Å². The van der Waals surface area contributed by atoms with Crippen LogP contribution in [0.2, 0.25) is 0 Å². The van der Waals surface area contributed by atoms with E-state index in [-0.39, 0.29) is 17.9 Å². The lowest BCUT2D eigenvalue weighted by molar-refractivity contribution is -0.137. The zero-order valence-electron chi connectivity index (χ0n) is 11.0. The van der Waals surface area contributed by atoms with E-state index in [1.807, 2.05) is 0 Å². The summed E-state index contributed by atoms with van der Waals surface area (Å²) in [5, 5.41) is 1.72. The maximum Gasteiger partial charge on any atom is 0.416 e. The third-order valence-corrected chi connectivity index (χ3v) is 3.66. The van der Waals surface area contributed by atoms with Gasteiger partial charge in [0.1, 0.15) is 12.4 Å². The Morgan fingerprint density at radius 1 is 1.27 bits per heavy atom. The molecule has 114 valence electrons. The van der Waals surface area contributed by atoms with Crippen LogP contribution in [-0.2, 0) is 12.8 Å². The first-order valence-electron chi connectivity index (χ1n) is 6.19. The average Bonchev–Trinajstić information content (AvgIpc) is 2.93. The van der Waals surface area contributed by atoms with Crippen molar-refractivity contribution in [2.45, 2.75) is 12.8 Å². The summed E-state index contributed by atoms with van der Waals surface area (Å²) in [4.78, 5) is 16.5. The van der Waals surface area contributed by atoms with Crippen LogP contribution in [0.3, 0.4) is 0 Å². The second-order valence-electron chi connectivity index (χ2n) is 4.46. The molecule has 0 saturated carbocycles. The van der Waals surface area contributed by atoms with Crippen LogP contribution in [0.15, 0.2) is 46.7 Å². The number of hydrogen-bond acceptors (Lipinski definition) is 4. The fraction of sp³-hybridized carbons (Fsp3) is 0.143. The van der Waals surface area contributed by atoms with Gasteiger partial charge < -0.3 is 4.74 Å². The number of fused-ring (bicyclic) bond motifs is 1. The number of benzene rings is 1. The number of aromatic nitrogens is 2. The van der Waals surface area contributed by atoms with Crippen molar-refractivity contribution in [1.82, 2.24) is 9.38 Å². The number of nitrogens with zero attached hydrogens (tertiary/aromatic N) is 2. The van der Waals surface area contributed by atoms with E-state index in [2.05, 4.69) is 4.98 Å². The molecule has 0 fully saturated rings. The molecule has 3 aromatic rings. The molecule has 0 bridgehead atoms. The van der Waals surface area contributed by atoms with E-state index in [1.54, 1.807) is 11.6 Å². The molecule has 0 aliphatic carbocycles. The molecule has 0 unspecified atom stereocenters. The van der Waals surface area contributed by atoms with Gasteiger partial charge in [-0.1, -0.05) is 6.07 Å². The minimum Gasteiger partial charge on any atom is -0.487 e. The van der Waals surface area contributed by atoms with Crippen molar-refractivity contribution in [3.63, 3.8) is 0 Å². The Bertz CT molecular complexity index is 870. The van der Waals surface area contributed by atoms with E-state index < -0.39 is 11.7 Å². The number of hydrogen-bond donors (Lipinski definition) is 0. The largest absolute Gasteiger partial charge is 0.487 e. The Hall–Kier alpha value is -2.35. The third kappa shape index (κ3) is 2.96. The lowest BCUT2D eigenvalue weighted by atomic mass is 10.2. The summed E-state index contributed by atoms with van der Waals surface area (Å²) < 4.78 is 44.5. The zero-order chi connectivity index (χ0) is 15.7. The second kappa shape index (κ2) is 5.45. The molecule has 0 spiro atoms. The molecule has 0 amide bonds. The van der Waals surface area contributed by atoms with Crippen molar-refractivity contribution in [1.29, 1.82) is 0 Å². The van der Waals surface area contributed by atoms with Gasteiger partial charge in [-0.05, 0) is 18.2 Å². The standard InChI is InChI=1S/C14H9F3N2O2S/c15-14(16,17)9-2-1-3-11(6-9)21-8-10-7-12(20)19-4-5-22-13(19)18-10/h1-7H,8H2. The van der Waals surface area contributed by atoms with E-state index >= 15 is 0 Å². The Kier molecular flexibility index (Phi) is 3.61. The molecule has 0 radical (unpaired) electrons. The van der Waals surface area contributed by atoms with Crippen molar-refractivity contribution < 1.29 is 17.9 Å². The second-order valence-corrected chi connectivity index (χ2v) is 5.33. The van der Waals surface area contributed by atoms with Crippen LogP contribution in [0.1, 0.15) is 11.3 Å². The first kappa shape index (κ1) is 14.6. The molecule has 4 nitrogen and oxygen atoms in total. The third-order valence-electron chi connectivity index (χ3n) is 2.90. The van der Waals surface area contributed by atoms with Crippen molar-refractivity contribution in [2.24, 2.45) is 0 Å². The monoisotopic (exact) mass is 326 g/mol. The van der Waals surface area contributed by atoms with Crippen molar-refractivity contribution in [3.8, 4) is 5.75 Å². The molecule has 2 aromatic heterocycles. The van der Waals surface area contributed by atoms with Crippen LogP contribution in [0.5, 0.6) is 5.75 Å². The molecule has 1 aromatic carbocycles. The minimum absolute atomic E-state index is 0.0722. The fourth-order valence-corrected chi connectivity index (χ4v) is 2.62. The van der Waals surface area contributed by atoms with Crippen LogP contribution in [0.4, 0.5) is 13.2 Å². The normalized spacial score (nSPS) is 11.8.